The second-order valence-corrected chi connectivity index (χ2v) is 10.0. The number of carbonyl (C=O) groups is 4. The number of nitrogens with zero attached hydrogens (tertiary/aromatic N) is 2. The van der Waals surface area contributed by atoms with E-state index in [2.05, 4.69) is 5.18 Å². The van der Waals surface area contributed by atoms with E-state index in [1.54, 1.807) is 6.07 Å². The summed E-state index contributed by atoms with van der Waals surface area (Å²) >= 11 is 0. The molecule has 200 valence electrons. The lowest BCUT2D eigenvalue weighted by atomic mass is 9.61. The Kier molecular flexibility index (Phi) is 7.58. The molecule has 1 aromatic carbocycles. The molecule has 0 heterocycles. The molecule has 3 atom stereocenters. The van der Waals surface area contributed by atoms with E-state index in [4.69, 9.17) is 10.5 Å². The molecule has 38 heavy (non-hydrogen) atoms. The molecule has 4 N–H and O–H groups in total. The van der Waals surface area contributed by atoms with Crippen LogP contribution in [0.3, 0.4) is 0 Å². The minimum absolute atomic E-state index is 0.00907. The van der Waals surface area contributed by atoms with Crippen molar-refractivity contribution in [3.05, 3.63) is 56.7 Å². The van der Waals surface area contributed by atoms with Crippen LogP contribution in [0.1, 0.15) is 36.0 Å². The van der Waals surface area contributed by atoms with Gasteiger partial charge in [-0.25, -0.2) is 4.79 Å². The smallest absolute Gasteiger partial charge is 0.330 e. The minimum Gasteiger partial charge on any atom is -0.511 e. The van der Waals surface area contributed by atoms with Crippen molar-refractivity contribution >= 4 is 41.0 Å². The van der Waals surface area contributed by atoms with Gasteiger partial charge < -0.3 is 25.6 Å². The first-order valence-electron chi connectivity index (χ1n) is 12.3. The number of ketones is 2. The van der Waals surface area contributed by atoms with E-state index in [9.17, 15) is 34.3 Å². The first-order chi connectivity index (χ1) is 18.0. The van der Waals surface area contributed by atoms with Gasteiger partial charge in [0.25, 0.3) is 5.91 Å². The zero-order valence-corrected chi connectivity index (χ0v) is 21.1. The van der Waals surface area contributed by atoms with Crippen LogP contribution in [0.2, 0.25) is 0 Å². The number of nitrogens with two attached hydrogens (primary N) is 1. The number of hydrogen-bond donors (Lipinski definition) is 3. The molecule has 0 radical (unpaired) electrons. The van der Waals surface area contributed by atoms with Crippen LogP contribution in [0.4, 0.5) is 5.69 Å². The molecule has 0 aliphatic heterocycles. The predicted octanol–water partition coefficient (Wildman–Crippen LogP) is 2.51. The van der Waals surface area contributed by atoms with Gasteiger partial charge in [0.2, 0.25) is 0 Å². The molecule has 0 saturated heterocycles. The molecule has 4 rings (SSSR count). The maximum Gasteiger partial charge on any atom is 0.330 e. The van der Waals surface area contributed by atoms with Crippen molar-refractivity contribution in [3.8, 4) is 0 Å². The Morgan fingerprint density at radius 1 is 1.21 bits per heavy atom. The fraction of sp³-hybridized carbons (Fsp3) is 0.407. The molecule has 3 aliphatic rings. The summed E-state index contributed by atoms with van der Waals surface area (Å²) in [5, 5.41) is 24.8. The molecular formula is C27H29N3O8. The van der Waals surface area contributed by atoms with Crippen LogP contribution in [0.25, 0.3) is 11.8 Å². The highest BCUT2D eigenvalue weighted by atomic mass is 16.5. The summed E-state index contributed by atoms with van der Waals surface area (Å²) in [7, 11) is 3.84. The van der Waals surface area contributed by atoms with Crippen LogP contribution < -0.4 is 5.73 Å². The van der Waals surface area contributed by atoms with E-state index in [0.29, 0.717) is 17.5 Å². The third-order valence-corrected chi connectivity index (χ3v) is 7.30. The SMILES string of the molecule is CN(C)CCCOC(=O)/C=C/c1ccc(N=O)c2c1C[C@H]1C[C@H]3CC(=O)C(C(N)=O)=C(O)C3C(=O)C1=C2O. The van der Waals surface area contributed by atoms with Gasteiger partial charge in [-0.2, -0.15) is 0 Å². The molecule has 3 aliphatic carbocycles. The van der Waals surface area contributed by atoms with E-state index in [0.717, 1.165) is 6.54 Å². The number of carbonyl (C=O) groups excluding carboxylic acids is 4. The number of amides is 1. The third kappa shape index (κ3) is 4.89. The number of aliphatic hydroxyl groups excluding tert-OH is 2. The number of fused-ring (bicyclic) bond motifs is 3. The van der Waals surface area contributed by atoms with Gasteiger partial charge in [0.15, 0.2) is 11.6 Å². The second-order valence-electron chi connectivity index (χ2n) is 10.0. The standard InChI is InChI=1S/C27H29N3O8/c1-30(2)8-3-9-38-19(32)7-5-13-4-6-17(29-37)22-16(13)11-14-10-15-12-18(31)23(27(28)36)26(35)21(15)24(33)20(14)25(22)34/h4-7,14-15,21,34-35H,3,8-12H2,1-2H3,(H2,28,36)/b7-5+/t14-,15+,21?/m1/s1. The minimum atomic E-state index is -1.19. The zero-order chi connectivity index (χ0) is 27.7. The van der Waals surface area contributed by atoms with Gasteiger partial charge in [0.05, 0.1) is 12.5 Å². The van der Waals surface area contributed by atoms with Gasteiger partial charge in [-0.3, -0.25) is 14.4 Å². The average Bonchev–Trinajstić information content (AvgIpc) is 2.84. The van der Waals surface area contributed by atoms with Crippen LogP contribution in [0.15, 0.2) is 40.3 Å². The Bertz CT molecular complexity index is 1320. The number of hydrogen-bond acceptors (Lipinski definition) is 10. The van der Waals surface area contributed by atoms with E-state index < -0.39 is 58.3 Å². The van der Waals surface area contributed by atoms with Crippen molar-refractivity contribution < 1.29 is 34.1 Å². The molecule has 0 bridgehead atoms. The van der Waals surface area contributed by atoms with E-state index in [1.807, 2.05) is 19.0 Å². The number of rotatable bonds is 8. The number of esters is 1. The number of benzene rings is 1. The quantitative estimate of drug-likeness (QED) is 0.152. The molecule has 11 heteroatoms. The van der Waals surface area contributed by atoms with Crippen molar-refractivity contribution in [2.75, 3.05) is 27.2 Å². The second kappa shape index (κ2) is 10.7. The predicted molar refractivity (Wildman–Crippen MR) is 137 cm³/mol. The van der Waals surface area contributed by atoms with Crippen molar-refractivity contribution in [2.24, 2.45) is 28.7 Å². The summed E-state index contributed by atoms with van der Waals surface area (Å²) in [5.74, 6) is -6.33. The van der Waals surface area contributed by atoms with Gasteiger partial charge in [0.1, 0.15) is 22.8 Å². The van der Waals surface area contributed by atoms with Gasteiger partial charge in [0, 0.05) is 30.2 Å². The van der Waals surface area contributed by atoms with Crippen LogP contribution in [-0.4, -0.2) is 65.8 Å². The van der Waals surface area contributed by atoms with E-state index >= 15 is 0 Å². The first kappa shape index (κ1) is 26.9. The van der Waals surface area contributed by atoms with Crippen LogP contribution >= 0.6 is 0 Å². The number of Topliss-reactive ketones (excluding diaryl/α,β-unsaturated/α-hetero) is 2. The largest absolute Gasteiger partial charge is 0.511 e. The maximum absolute atomic E-state index is 13.5. The summed E-state index contributed by atoms with van der Waals surface area (Å²) in [6, 6.07) is 2.97. The lowest BCUT2D eigenvalue weighted by Gasteiger charge is -2.41. The highest BCUT2D eigenvalue weighted by molar-refractivity contribution is 6.21. The van der Waals surface area contributed by atoms with Gasteiger partial charge in [-0.15, -0.1) is 4.91 Å². The Hall–Kier alpha value is -4.12. The third-order valence-electron chi connectivity index (χ3n) is 7.30. The topological polar surface area (TPSA) is 177 Å². The number of aliphatic hydroxyl groups is 2. The Morgan fingerprint density at radius 3 is 2.61 bits per heavy atom. The van der Waals surface area contributed by atoms with Crippen molar-refractivity contribution in [3.63, 3.8) is 0 Å². The number of primary amides is 1. The lowest BCUT2D eigenvalue weighted by Crippen LogP contribution is -2.44. The fourth-order valence-electron chi connectivity index (χ4n) is 5.66. The molecule has 1 unspecified atom stereocenters. The first-order valence-corrected chi connectivity index (χ1v) is 12.3. The highest BCUT2D eigenvalue weighted by Gasteiger charge is 2.50. The normalized spacial score (nSPS) is 22.9. The molecule has 1 amide bonds. The van der Waals surface area contributed by atoms with Crippen LogP contribution in [-0.2, 0) is 30.3 Å². The average molecular weight is 524 g/mol. The summed E-state index contributed by atoms with van der Waals surface area (Å²) in [4.78, 5) is 63.4. The summed E-state index contributed by atoms with van der Waals surface area (Å²) in [6.45, 7) is 1.02. The fourth-order valence-corrected chi connectivity index (χ4v) is 5.66. The Labute approximate surface area is 218 Å². The van der Waals surface area contributed by atoms with Gasteiger partial charge in [-0.1, -0.05) is 6.07 Å². The maximum atomic E-state index is 13.5. The van der Waals surface area contributed by atoms with Gasteiger partial charge >= 0.3 is 5.97 Å². The molecule has 1 fully saturated rings. The summed E-state index contributed by atoms with van der Waals surface area (Å²) in [5.41, 5.74) is 5.72. The van der Waals surface area contributed by atoms with E-state index in [1.165, 1.54) is 18.2 Å². The number of nitroso groups, excluding NO2 is 1. The molecular weight excluding hydrogens is 494 g/mol. The molecule has 0 spiro atoms. The molecule has 0 aromatic heterocycles. The van der Waals surface area contributed by atoms with Crippen molar-refractivity contribution in [1.29, 1.82) is 0 Å². The molecule has 11 nitrogen and oxygen atoms in total. The molecule has 1 saturated carbocycles. The van der Waals surface area contributed by atoms with E-state index in [-0.39, 0.29) is 42.7 Å². The highest BCUT2D eigenvalue weighted by Crippen LogP contribution is 2.50. The molecule has 1 aromatic rings. The lowest BCUT2D eigenvalue weighted by molar-refractivity contribution is -0.138. The van der Waals surface area contributed by atoms with Crippen LogP contribution in [0.5, 0.6) is 0 Å². The monoisotopic (exact) mass is 523 g/mol. The van der Waals surface area contributed by atoms with Gasteiger partial charge in [-0.05, 0) is 73.6 Å². The number of ether oxygens (including phenoxy) is 1. The summed E-state index contributed by atoms with van der Waals surface area (Å²) < 4.78 is 5.21. The van der Waals surface area contributed by atoms with Crippen molar-refractivity contribution in [2.45, 2.75) is 25.7 Å². The Balaban J connectivity index is 1.69. The zero-order valence-electron chi connectivity index (χ0n) is 21.1. The summed E-state index contributed by atoms with van der Waals surface area (Å²) in [6.07, 6.45) is 3.81. The van der Waals surface area contributed by atoms with Crippen LogP contribution in [0, 0.1) is 22.7 Å². The van der Waals surface area contributed by atoms with Crippen molar-refractivity contribution in [1.82, 2.24) is 4.90 Å². The Morgan fingerprint density at radius 2 is 1.95 bits per heavy atom. The number of allylic oxidation sites excluding steroid dienone is 2.